The Hall–Kier alpha value is -1.93. The van der Waals surface area contributed by atoms with E-state index in [0.717, 1.165) is 6.07 Å². The molecule has 8 heteroatoms. The molecule has 0 radical (unpaired) electrons. The number of carbonyl (C=O) groups excluding carboxylic acids is 1. The van der Waals surface area contributed by atoms with Crippen LogP contribution < -0.4 is 5.43 Å². The van der Waals surface area contributed by atoms with Gasteiger partial charge in [0, 0.05) is 11.1 Å². The van der Waals surface area contributed by atoms with Crippen LogP contribution in [0.1, 0.15) is 15.9 Å². The number of phenols is 2. The van der Waals surface area contributed by atoms with E-state index in [2.05, 4.69) is 42.4 Å². The van der Waals surface area contributed by atoms with E-state index in [0.29, 0.717) is 4.47 Å². The monoisotopic (exact) mass is 430 g/mol. The quantitative estimate of drug-likeness (QED) is 0.513. The van der Waals surface area contributed by atoms with E-state index in [9.17, 15) is 19.4 Å². The van der Waals surface area contributed by atoms with Gasteiger partial charge in [0.2, 0.25) is 0 Å². The fourth-order valence-corrected chi connectivity index (χ4v) is 2.72. The first-order valence-electron chi connectivity index (χ1n) is 5.89. The number of carbonyl (C=O) groups is 1. The molecule has 0 spiro atoms. The van der Waals surface area contributed by atoms with Crippen molar-refractivity contribution in [3.05, 3.63) is 56.2 Å². The molecule has 2 rings (SSSR count). The zero-order valence-corrected chi connectivity index (χ0v) is 14.0. The highest BCUT2D eigenvalue weighted by atomic mass is 79.9. The summed E-state index contributed by atoms with van der Waals surface area (Å²) in [5, 5.41) is 23.1. The summed E-state index contributed by atoms with van der Waals surface area (Å²) in [6, 6.07) is 6.58. The number of aromatic hydroxyl groups is 2. The molecule has 0 saturated carbocycles. The Labute approximate surface area is 141 Å². The van der Waals surface area contributed by atoms with Crippen LogP contribution in [0.5, 0.6) is 11.5 Å². The zero-order chi connectivity index (χ0) is 16.3. The largest absolute Gasteiger partial charge is 0.506 e. The van der Waals surface area contributed by atoms with Crippen molar-refractivity contribution in [1.29, 1.82) is 0 Å². The van der Waals surface area contributed by atoms with Gasteiger partial charge >= 0.3 is 0 Å². The molecule has 0 unspecified atom stereocenters. The highest BCUT2D eigenvalue weighted by Crippen LogP contribution is 2.40. The van der Waals surface area contributed by atoms with Crippen molar-refractivity contribution in [2.75, 3.05) is 0 Å². The van der Waals surface area contributed by atoms with E-state index >= 15 is 0 Å². The number of hydrogen-bond donors (Lipinski definition) is 3. The van der Waals surface area contributed by atoms with Crippen LogP contribution in [-0.2, 0) is 0 Å². The van der Waals surface area contributed by atoms with Crippen molar-refractivity contribution in [2.24, 2.45) is 5.10 Å². The average Bonchev–Trinajstić information content (AvgIpc) is 2.50. The summed E-state index contributed by atoms with van der Waals surface area (Å²) in [6.45, 7) is 0. The Kier molecular flexibility index (Phi) is 5.15. The predicted molar refractivity (Wildman–Crippen MR) is 86.6 cm³/mol. The lowest BCUT2D eigenvalue weighted by atomic mass is 10.2. The lowest BCUT2D eigenvalue weighted by Crippen LogP contribution is -2.17. The average molecular weight is 432 g/mol. The Bertz CT molecular complexity index is 766. The second kappa shape index (κ2) is 6.89. The summed E-state index contributed by atoms with van der Waals surface area (Å²) in [7, 11) is 0. The van der Waals surface area contributed by atoms with Crippen molar-refractivity contribution >= 4 is 44.0 Å². The minimum absolute atomic E-state index is 0.0970. The molecule has 2 aromatic rings. The van der Waals surface area contributed by atoms with Crippen LogP contribution in [0, 0.1) is 5.82 Å². The summed E-state index contributed by atoms with van der Waals surface area (Å²) < 4.78 is 13.4. The van der Waals surface area contributed by atoms with Crippen LogP contribution >= 0.6 is 31.9 Å². The van der Waals surface area contributed by atoms with Gasteiger partial charge in [0.05, 0.1) is 10.7 Å². The summed E-state index contributed by atoms with van der Waals surface area (Å²) in [5.41, 5.74) is 2.60. The van der Waals surface area contributed by atoms with E-state index in [1.165, 1.54) is 30.5 Å². The molecule has 22 heavy (non-hydrogen) atoms. The Morgan fingerprint density at radius 2 is 1.95 bits per heavy atom. The maximum Gasteiger partial charge on any atom is 0.271 e. The first-order valence-corrected chi connectivity index (χ1v) is 7.47. The molecule has 0 bridgehead atoms. The van der Waals surface area contributed by atoms with Gasteiger partial charge in [-0.05, 0) is 56.1 Å². The first kappa shape index (κ1) is 16.4. The predicted octanol–water partition coefficient (Wildman–Crippen LogP) is 3.53. The van der Waals surface area contributed by atoms with E-state index < -0.39 is 11.7 Å². The van der Waals surface area contributed by atoms with E-state index in [1.807, 2.05) is 0 Å². The Morgan fingerprint density at radius 1 is 1.23 bits per heavy atom. The molecular weight excluding hydrogens is 423 g/mol. The molecule has 114 valence electrons. The van der Waals surface area contributed by atoms with E-state index in [4.69, 9.17) is 0 Å². The molecule has 0 aliphatic heterocycles. The number of hydrogen-bond acceptors (Lipinski definition) is 4. The number of phenolic OH excluding ortho intramolecular Hbond substituents is 2. The van der Waals surface area contributed by atoms with Crippen molar-refractivity contribution in [3.63, 3.8) is 0 Å². The van der Waals surface area contributed by atoms with Crippen molar-refractivity contribution in [1.82, 2.24) is 5.43 Å². The lowest BCUT2D eigenvalue weighted by molar-refractivity contribution is 0.0954. The number of benzene rings is 2. The first-order chi connectivity index (χ1) is 10.4. The van der Waals surface area contributed by atoms with Crippen molar-refractivity contribution < 1.29 is 19.4 Å². The van der Waals surface area contributed by atoms with Gasteiger partial charge in [0.1, 0.15) is 21.8 Å². The van der Waals surface area contributed by atoms with Gasteiger partial charge in [-0.15, -0.1) is 0 Å². The third-order valence-corrected chi connectivity index (χ3v) is 4.01. The molecule has 0 saturated heterocycles. The molecule has 3 N–H and O–H groups in total. The van der Waals surface area contributed by atoms with Crippen LogP contribution in [0.25, 0.3) is 0 Å². The standard InChI is InChI=1S/C14H9Br2FN2O3/c15-10-5-8(12(20)11(16)13(10)21)6-18-19-14(22)7-2-1-3-9(17)4-7/h1-6,20-21H,(H,19,22)/b18-6-. The van der Waals surface area contributed by atoms with Gasteiger partial charge in [-0.25, -0.2) is 9.82 Å². The Balaban J connectivity index is 2.15. The van der Waals surface area contributed by atoms with E-state index in [1.54, 1.807) is 0 Å². The van der Waals surface area contributed by atoms with Crippen molar-refractivity contribution in [2.45, 2.75) is 0 Å². The molecular formula is C14H9Br2FN2O3. The second-order valence-electron chi connectivity index (χ2n) is 4.17. The van der Waals surface area contributed by atoms with Gasteiger partial charge in [-0.2, -0.15) is 5.10 Å². The number of hydrazone groups is 1. The molecule has 1 amide bonds. The van der Waals surface area contributed by atoms with Gasteiger partial charge in [-0.3, -0.25) is 4.79 Å². The number of amides is 1. The normalized spacial score (nSPS) is 10.9. The molecule has 0 aliphatic rings. The topological polar surface area (TPSA) is 81.9 Å². The van der Waals surface area contributed by atoms with Crippen LogP contribution in [0.3, 0.4) is 0 Å². The highest BCUT2D eigenvalue weighted by molar-refractivity contribution is 9.11. The fraction of sp³-hybridized carbons (Fsp3) is 0. The van der Waals surface area contributed by atoms with Gasteiger partial charge in [-0.1, -0.05) is 6.07 Å². The van der Waals surface area contributed by atoms with Crippen LogP contribution in [0.4, 0.5) is 4.39 Å². The van der Waals surface area contributed by atoms with Crippen molar-refractivity contribution in [3.8, 4) is 11.5 Å². The summed E-state index contributed by atoms with van der Waals surface area (Å²) >= 11 is 6.14. The number of rotatable bonds is 3. The maximum absolute atomic E-state index is 13.0. The lowest BCUT2D eigenvalue weighted by Gasteiger charge is -2.06. The van der Waals surface area contributed by atoms with Crippen LogP contribution in [0.2, 0.25) is 0 Å². The Morgan fingerprint density at radius 3 is 2.64 bits per heavy atom. The van der Waals surface area contributed by atoms with Crippen LogP contribution in [0.15, 0.2) is 44.4 Å². The second-order valence-corrected chi connectivity index (χ2v) is 5.82. The summed E-state index contributed by atoms with van der Waals surface area (Å²) in [6.07, 6.45) is 1.20. The van der Waals surface area contributed by atoms with E-state index in [-0.39, 0.29) is 27.1 Å². The number of nitrogens with one attached hydrogen (secondary N) is 1. The molecule has 0 heterocycles. The van der Waals surface area contributed by atoms with Crippen LogP contribution in [-0.4, -0.2) is 22.3 Å². The maximum atomic E-state index is 13.0. The third kappa shape index (κ3) is 3.63. The molecule has 5 nitrogen and oxygen atoms in total. The molecule has 2 aromatic carbocycles. The van der Waals surface area contributed by atoms with Gasteiger partial charge in [0.25, 0.3) is 5.91 Å². The number of nitrogens with zero attached hydrogens (tertiary/aromatic N) is 1. The SMILES string of the molecule is O=C(N/N=C\c1cc(Br)c(O)c(Br)c1O)c1cccc(F)c1. The summed E-state index contributed by atoms with van der Waals surface area (Å²) in [4.78, 5) is 11.7. The van der Waals surface area contributed by atoms with Gasteiger partial charge in [0.15, 0.2) is 0 Å². The zero-order valence-electron chi connectivity index (χ0n) is 10.8. The highest BCUT2D eigenvalue weighted by Gasteiger charge is 2.13. The molecule has 0 fully saturated rings. The third-order valence-electron chi connectivity index (χ3n) is 2.65. The molecule has 0 aliphatic carbocycles. The van der Waals surface area contributed by atoms with Gasteiger partial charge < -0.3 is 10.2 Å². The molecule has 0 aromatic heterocycles. The minimum atomic E-state index is -0.591. The minimum Gasteiger partial charge on any atom is -0.506 e. The summed E-state index contributed by atoms with van der Waals surface area (Å²) in [5.74, 6) is -1.50. The number of halogens is 3. The fourth-order valence-electron chi connectivity index (χ4n) is 1.57. The smallest absolute Gasteiger partial charge is 0.271 e. The molecule has 0 atom stereocenters.